The molecule has 1 saturated heterocycles. The van der Waals surface area contributed by atoms with Crippen LogP contribution in [0.1, 0.15) is 41.6 Å². The summed E-state index contributed by atoms with van der Waals surface area (Å²) in [7, 11) is 0. The largest absolute Gasteiger partial charge is 0.507 e. The second-order valence-electron chi connectivity index (χ2n) is 8.17. The van der Waals surface area contributed by atoms with E-state index in [1.165, 1.54) is 4.90 Å². The Morgan fingerprint density at radius 1 is 0.939 bits per heavy atom. The SMILES string of the molecule is CCCOc1ccc(/C(O)=C2\C(=O)C(=O)N(c3cccc(C)c3C)C2c2ccccc2)cc1. The van der Waals surface area contributed by atoms with Gasteiger partial charge in [-0.1, -0.05) is 49.4 Å². The van der Waals surface area contributed by atoms with Crippen LogP contribution in [0.3, 0.4) is 0 Å². The second kappa shape index (κ2) is 9.33. The topological polar surface area (TPSA) is 66.8 Å². The van der Waals surface area contributed by atoms with Crippen LogP contribution >= 0.6 is 0 Å². The molecule has 1 unspecified atom stereocenters. The molecule has 0 aliphatic carbocycles. The normalized spacial score (nSPS) is 17.4. The van der Waals surface area contributed by atoms with E-state index >= 15 is 0 Å². The maximum absolute atomic E-state index is 13.3. The van der Waals surface area contributed by atoms with Crippen LogP contribution in [0.5, 0.6) is 5.75 Å². The molecule has 5 nitrogen and oxygen atoms in total. The Kier molecular flexibility index (Phi) is 6.31. The molecule has 168 valence electrons. The minimum Gasteiger partial charge on any atom is -0.507 e. The minimum absolute atomic E-state index is 0.0781. The first-order chi connectivity index (χ1) is 15.9. The molecule has 0 aromatic heterocycles. The van der Waals surface area contributed by atoms with Gasteiger partial charge in [0.1, 0.15) is 11.5 Å². The van der Waals surface area contributed by atoms with Crippen molar-refractivity contribution in [1.29, 1.82) is 0 Å². The van der Waals surface area contributed by atoms with E-state index in [0.29, 0.717) is 23.6 Å². The van der Waals surface area contributed by atoms with Crippen molar-refractivity contribution >= 4 is 23.1 Å². The van der Waals surface area contributed by atoms with E-state index in [1.807, 2.05) is 69.3 Å². The molecule has 33 heavy (non-hydrogen) atoms. The first-order valence-electron chi connectivity index (χ1n) is 11.1. The van der Waals surface area contributed by atoms with E-state index < -0.39 is 17.7 Å². The minimum atomic E-state index is -0.734. The predicted octanol–water partition coefficient (Wildman–Crippen LogP) is 5.72. The van der Waals surface area contributed by atoms with Crippen molar-refractivity contribution in [2.75, 3.05) is 11.5 Å². The Morgan fingerprint density at radius 3 is 2.30 bits per heavy atom. The van der Waals surface area contributed by atoms with Gasteiger partial charge in [-0.05, 0) is 67.3 Å². The molecule has 5 heteroatoms. The zero-order valence-electron chi connectivity index (χ0n) is 19.0. The summed E-state index contributed by atoms with van der Waals surface area (Å²) in [6.07, 6.45) is 0.890. The number of aliphatic hydroxyl groups is 1. The van der Waals surface area contributed by atoms with E-state index in [1.54, 1.807) is 24.3 Å². The number of hydrogen-bond donors (Lipinski definition) is 1. The molecule has 1 aliphatic heterocycles. The molecule has 4 rings (SSSR count). The lowest BCUT2D eigenvalue weighted by Crippen LogP contribution is -2.30. The average Bonchev–Trinajstić information content (AvgIpc) is 3.10. The van der Waals surface area contributed by atoms with Crippen LogP contribution in [0.15, 0.2) is 78.4 Å². The smallest absolute Gasteiger partial charge is 0.300 e. The number of ketones is 1. The monoisotopic (exact) mass is 441 g/mol. The van der Waals surface area contributed by atoms with Gasteiger partial charge in [-0.15, -0.1) is 0 Å². The molecule has 0 spiro atoms. The summed E-state index contributed by atoms with van der Waals surface area (Å²) in [4.78, 5) is 28.0. The van der Waals surface area contributed by atoms with Crippen molar-refractivity contribution in [2.45, 2.75) is 33.2 Å². The van der Waals surface area contributed by atoms with Crippen molar-refractivity contribution in [3.05, 3.63) is 101 Å². The fourth-order valence-electron chi connectivity index (χ4n) is 4.11. The van der Waals surface area contributed by atoms with Gasteiger partial charge in [0.05, 0.1) is 18.2 Å². The Labute approximate surface area is 193 Å². The lowest BCUT2D eigenvalue weighted by Gasteiger charge is -2.27. The van der Waals surface area contributed by atoms with Crippen molar-refractivity contribution < 1.29 is 19.4 Å². The number of amides is 1. The number of aliphatic hydroxyl groups excluding tert-OH is 1. The standard InChI is InChI=1S/C28H27NO4/c1-4-17-33-22-15-13-21(14-16-22)26(30)24-25(20-10-6-5-7-11-20)29(28(32)27(24)31)23-12-8-9-18(2)19(23)3/h5-16,25,30H,4,17H2,1-3H3/b26-24+. The van der Waals surface area contributed by atoms with Crippen LogP contribution in [-0.2, 0) is 9.59 Å². The molecule has 3 aromatic carbocycles. The van der Waals surface area contributed by atoms with E-state index in [-0.39, 0.29) is 11.3 Å². The molecule has 0 saturated carbocycles. The molecule has 1 aliphatic rings. The van der Waals surface area contributed by atoms with E-state index in [9.17, 15) is 14.7 Å². The van der Waals surface area contributed by atoms with Crippen molar-refractivity contribution in [1.82, 2.24) is 0 Å². The lowest BCUT2D eigenvalue weighted by atomic mass is 9.94. The number of ether oxygens (including phenoxy) is 1. The molecule has 1 heterocycles. The third-order valence-electron chi connectivity index (χ3n) is 6.00. The van der Waals surface area contributed by atoms with Gasteiger partial charge in [0.15, 0.2) is 0 Å². The Morgan fingerprint density at radius 2 is 1.64 bits per heavy atom. The Bertz CT molecular complexity index is 1210. The maximum atomic E-state index is 13.3. The van der Waals surface area contributed by atoms with Gasteiger partial charge in [0, 0.05) is 11.3 Å². The summed E-state index contributed by atoms with van der Waals surface area (Å²) >= 11 is 0. The first kappa shape index (κ1) is 22.3. The van der Waals surface area contributed by atoms with Crippen LogP contribution in [0.4, 0.5) is 5.69 Å². The summed E-state index contributed by atoms with van der Waals surface area (Å²) in [6.45, 7) is 6.52. The highest BCUT2D eigenvalue weighted by Gasteiger charge is 2.47. The predicted molar refractivity (Wildman–Crippen MR) is 129 cm³/mol. The van der Waals surface area contributed by atoms with Gasteiger partial charge < -0.3 is 9.84 Å². The molecule has 3 aromatic rings. The maximum Gasteiger partial charge on any atom is 0.300 e. The van der Waals surface area contributed by atoms with Gasteiger partial charge in [-0.3, -0.25) is 14.5 Å². The first-order valence-corrected chi connectivity index (χ1v) is 11.1. The average molecular weight is 442 g/mol. The van der Waals surface area contributed by atoms with Crippen LogP contribution < -0.4 is 9.64 Å². The summed E-state index contributed by atoms with van der Waals surface area (Å²) in [5, 5.41) is 11.2. The Balaban J connectivity index is 1.87. The van der Waals surface area contributed by atoms with Crippen LogP contribution in [0.25, 0.3) is 5.76 Å². The molecule has 0 radical (unpaired) electrons. The summed E-state index contributed by atoms with van der Waals surface area (Å²) in [5.74, 6) is -0.864. The van der Waals surface area contributed by atoms with Crippen LogP contribution in [0.2, 0.25) is 0 Å². The van der Waals surface area contributed by atoms with Gasteiger partial charge in [0.2, 0.25) is 0 Å². The number of rotatable bonds is 6. The molecule has 0 bridgehead atoms. The highest BCUT2D eigenvalue weighted by atomic mass is 16.5. The van der Waals surface area contributed by atoms with Crippen molar-refractivity contribution in [3.8, 4) is 5.75 Å². The molecular weight excluding hydrogens is 414 g/mol. The number of anilines is 1. The summed E-state index contributed by atoms with van der Waals surface area (Å²) < 4.78 is 5.62. The number of Topliss-reactive ketones (excluding diaryl/α,β-unsaturated/α-hetero) is 1. The zero-order valence-corrected chi connectivity index (χ0v) is 19.0. The van der Waals surface area contributed by atoms with E-state index in [4.69, 9.17) is 4.74 Å². The Hall–Kier alpha value is -3.86. The highest BCUT2D eigenvalue weighted by Crippen LogP contribution is 2.43. The highest BCUT2D eigenvalue weighted by molar-refractivity contribution is 6.51. The summed E-state index contributed by atoms with van der Waals surface area (Å²) in [6, 6.07) is 21.2. The van der Waals surface area contributed by atoms with Crippen LogP contribution in [0, 0.1) is 13.8 Å². The summed E-state index contributed by atoms with van der Waals surface area (Å²) in [5.41, 5.74) is 3.88. The van der Waals surface area contributed by atoms with Gasteiger partial charge in [-0.2, -0.15) is 0 Å². The third kappa shape index (κ3) is 4.14. The van der Waals surface area contributed by atoms with Gasteiger partial charge >= 0.3 is 0 Å². The second-order valence-corrected chi connectivity index (χ2v) is 8.17. The number of carbonyl (C=O) groups excluding carboxylic acids is 2. The lowest BCUT2D eigenvalue weighted by molar-refractivity contribution is -0.132. The molecular formula is C28H27NO4. The fraction of sp³-hybridized carbons (Fsp3) is 0.214. The number of nitrogens with zero attached hydrogens (tertiary/aromatic N) is 1. The quantitative estimate of drug-likeness (QED) is 0.302. The van der Waals surface area contributed by atoms with Gasteiger partial charge in [0.25, 0.3) is 11.7 Å². The molecule has 1 amide bonds. The number of benzene rings is 3. The molecule has 1 atom stereocenters. The van der Waals surface area contributed by atoms with E-state index in [0.717, 1.165) is 23.1 Å². The number of carbonyl (C=O) groups is 2. The molecule has 1 fully saturated rings. The van der Waals surface area contributed by atoms with Crippen molar-refractivity contribution in [2.24, 2.45) is 0 Å². The van der Waals surface area contributed by atoms with Crippen LogP contribution in [-0.4, -0.2) is 23.4 Å². The molecule has 1 N–H and O–H groups in total. The number of hydrogen-bond acceptors (Lipinski definition) is 4. The third-order valence-corrected chi connectivity index (χ3v) is 6.00. The fourth-order valence-corrected chi connectivity index (χ4v) is 4.11. The number of aryl methyl sites for hydroxylation is 1. The van der Waals surface area contributed by atoms with E-state index in [2.05, 4.69) is 0 Å². The van der Waals surface area contributed by atoms with Gasteiger partial charge in [-0.25, -0.2) is 0 Å². The zero-order chi connectivity index (χ0) is 23.5. The van der Waals surface area contributed by atoms with Crippen molar-refractivity contribution in [3.63, 3.8) is 0 Å².